The molecule has 0 aliphatic carbocycles. The van der Waals surface area contributed by atoms with Crippen LogP contribution in [-0.4, -0.2) is 11.0 Å². The average molecular weight is 288 g/mol. The molecule has 0 aromatic heterocycles. The summed E-state index contributed by atoms with van der Waals surface area (Å²) < 4.78 is 0. The van der Waals surface area contributed by atoms with Crippen LogP contribution < -0.4 is 5.32 Å². The number of nitrogens with one attached hydrogen (secondary N) is 1. The smallest absolute Gasteiger partial charge is 0.228 e. The molecule has 102 valence electrons. The minimum Gasteiger partial charge on any atom is -0.384 e. The lowest BCUT2D eigenvalue weighted by Crippen LogP contribution is -2.08. The molecule has 0 bridgehead atoms. The molecule has 1 heterocycles. The van der Waals surface area contributed by atoms with Gasteiger partial charge in [-0.25, -0.2) is 0 Å². The van der Waals surface area contributed by atoms with E-state index in [1.54, 1.807) is 12.1 Å². The largest absolute Gasteiger partial charge is 0.384 e. The van der Waals surface area contributed by atoms with Crippen molar-refractivity contribution in [3.63, 3.8) is 0 Å². The summed E-state index contributed by atoms with van der Waals surface area (Å²) in [5, 5.41) is 14.0. The summed E-state index contributed by atoms with van der Waals surface area (Å²) in [7, 11) is 0. The Hall–Kier alpha value is -1.84. The number of anilines is 1. The van der Waals surface area contributed by atoms with E-state index in [1.165, 1.54) is 0 Å². The predicted molar refractivity (Wildman–Crippen MR) is 79.0 cm³/mol. The van der Waals surface area contributed by atoms with Gasteiger partial charge in [-0.05, 0) is 35.7 Å². The average Bonchev–Trinajstić information content (AvgIpc) is 2.77. The van der Waals surface area contributed by atoms with Crippen molar-refractivity contribution >= 4 is 23.2 Å². The normalized spacial score (nSPS) is 14.8. The van der Waals surface area contributed by atoms with Gasteiger partial charge in [-0.1, -0.05) is 35.9 Å². The SMILES string of the molecule is Cc1ccccc1C(O)c1cc(Cl)cc2c1NC(=O)C2. The lowest BCUT2D eigenvalue weighted by Gasteiger charge is -2.17. The Morgan fingerprint density at radius 3 is 2.75 bits per heavy atom. The van der Waals surface area contributed by atoms with Gasteiger partial charge < -0.3 is 10.4 Å². The van der Waals surface area contributed by atoms with Crippen LogP contribution >= 0.6 is 11.6 Å². The molecule has 2 aromatic rings. The third-order valence-corrected chi connectivity index (χ3v) is 3.83. The maximum Gasteiger partial charge on any atom is 0.228 e. The Kier molecular flexibility index (Phi) is 3.24. The molecule has 0 saturated carbocycles. The highest BCUT2D eigenvalue weighted by Gasteiger charge is 2.25. The van der Waals surface area contributed by atoms with Gasteiger partial charge in [-0.15, -0.1) is 0 Å². The number of aliphatic hydroxyl groups excluding tert-OH is 1. The van der Waals surface area contributed by atoms with Gasteiger partial charge >= 0.3 is 0 Å². The van der Waals surface area contributed by atoms with Crippen LogP contribution in [0.4, 0.5) is 5.69 Å². The molecule has 1 aliphatic heterocycles. The number of hydrogen-bond donors (Lipinski definition) is 2. The predicted octanol–water partition coefficient (Wildman–Crippen LogP) is 3.22. The molecule has 4 heteroatoms. The highest BCUT2D eigenvalue weighted by Crippen LogP contribution is 2.37. The fourth-order valence-electron chi connectivity index (χ4n) is 2.61. The lowest BCUT2D eigenvalue weighted by molar-refractivity contribution is -0.115. The first-order chi connectivity index (χ1) is 9.56. The van der Waals surface area contributed by atoms with Gasteiger partial charge in [0.2, 0.25) is 5.91 Å². The molecule has 0 saturated heterocycles. The lowest BCUT2D eigenvalue weighted by atomic mass is 9.95. The molecular formula is C16H14ClNO2. The number of aryl methyl sites for hydroxylation is 1. The molecule has 0 fully saturated rings. The van der Waals surface area contributed by atoms with E-state index < -0.39 is 6.10 Å². The van der Waals surface area contributed by atoms with Crippen LogP contribution in [0.25, 0.3) is 0 Å². The summed E-state index contributed by atoms with van der Waals surface area (Å²) in [6.07, 6.45) is -0.495. The Labute approximate surface area is 122 Å². The summed E-state index contributed by atoms with van der Waals surface area (Å²) >= 11 is 6.10. The molecule has 1 amide bonds. The van der Waals surface area contributed by atoms with Gasteiger partial charge in [0.15, 0.2) is 0 Å². The van der Waals surface area contributed by atoms with E-state index in [0.717, 1.165) is 16.7 Å². The highest BCUT2D eigenvalue weighted by molar-refractivity contribution is 6.31. The molecule has 1 unspecified atom stereocenters. The maximum atomic E-state index is 11.6. The van der Waals surface area contributed by atoms with E-state index in [9.17, 15) is 9.90 Å². The van der Waals surface area contributed by atoms with Crippen LogP contribution in [0.1, 0.15) is 28.4 Å². The molecule has 0 radical (unpaired) electrons. The quantitative estimate of drug-likeness (QED) is 0.891. The summed E-state index contributed by atoms with van der Waals surface area (Å²) in [6, 6.07) is 11.1. The van der Waals surface area contributed by atoms with E-state index in [-0.39, 0.29) is 5.91 Å². The van der Waals surface area contributed by atoms with Crippen LogP contribution in [0.5, 0.6) is 0 Å². The van der Waals surface area contributed by atoms with Crippen molar-refractivity contribution in [3.8, 4) is 0 Å². The van der Waals surface area contributed by atoms with Crippen molar-refractivity contribution in [2.24, 2.45) is 0 Å². The monoisotopic (exact) mass is 287 g/mol. The number of amides is 1. The molecular weight excluding hydrogens is 274 g/mol. The van der Waals surface area contributed by atoms with Crippen LogP contribution in [0, 0.1) is 6.92 Å². The zero-order valence-electron chi connectivity index (χ0n) is 11.0. The van der Waals surface area contributed by atoms with Crippen molar-refractivity contribution in [1.29, 1.82) is 0 Å². The van der Waals surface area contributed by atoms with Crippen LogP contribution in [0.2, 0.25) is 5.02 Å². The van der Waals surface area contributed by atoms with Crippen LogP contribution in [0.15, 0.2) is 36.4 Å². The number of carbonyl (C=O) groups excluding carboxylic acids is 1. The molecule has 3 rings (SSSR count). The third kappa shape index (κ3) is 2.19. The Bertz CT molecular complexity index is 697. The minimum absolute atomic E-state index is 0.0690. The second-order valence-corrected chi connectivity index (χ2v) is 5.45. The van der Waals surface area contributed by atoms with Gasteiger partial charge in [0.1, 0.15) is 6.10 Å². The third-order valence-electron chi connectivity index (χ3n) is 3.61. The van der Waals surface area contributed by atoms with E-state index in [2.05, 4.69) is 5.32 Å². The number of fused-ring (bicyclic) bond motifs is 1. The summed E-state index contributed by atoms with van der Waals surface area (Å²) in [4.78, 5) is 11.6. The Balaban J connectivity index is 2.12. The van der Waals surface area contributed by atoms with Gasteiger partial charge in [0.25, 0.3) is 0 Å². The molecule has 1 atom stereocenters. The van der Waals surface area contributed by atoms with Gasteiger partial charge in [0.05, 0.1) is 12.1 Å². The molecule has 2 N–H and O–H groups in total. The number of benzene rings is 2. The topological polar surface area (TPSA) is 49.3 Å². The van der Waals surface area contributed by atoms with Gasteiger partial charge in [-0.3, -0.25) is 4.79 Å². The van der Waals surface area contributed by atoms with E-state index >= 15 is 0 Å². The van der Waals surface area contributed by atoms with Crippen LogP contribution in [0.3, 0.4) is 0 Å². The molecule has 0 spiro atoms. The number of hydrogen-bond acceptors (Lipinski definition) is 2. The van der Waals surface area contributed by atoms with Crippen molar-refractivity contribution in [2.45, 2.75) is 19.4 Å². The van der Waals surface area contributed by atoms with Crippen molar-refractivity contribution < 1.29 is 9.90 Å². The van der Waals surface area contributed by atoms with Crippen LogP contribution in [-0.2, 0) is 11.2 Å². The summed E-state index contributed by atoms with van der Waals surface area (Å²) in [5.41, 5.74) is 3.99. The first-order valence-electron chi connectivity index (χ1n) is 6.42. The second kappa shape index (κ2) is 4.93. The Morgan fingerprint density at radius 1 is 1.25 bits per heavy atom. The first kappa shape index (κ1) is 13.2. The minimum atomic E-state index is -0.804. The molecule has 20 heavy (non-hydrogen) atoms. The zero-order chi connectivity index (χ0) is 14.3. The summed E-state index contributed by atoms with van der Waals surface area (Å²) in [5.74, 6) is -0.0690. The molecule has 1 aliphatic rings. The van der Waals surface area contributed by atoms with Crippen molar-refractivity contribution in [3.05, 3.63) is 63.7 Å². The van der Waals surface area contributed by atoms with Gasteiger partial charge in [0, 0.05) is 10.6 Å². The maximum absolute atomic E-state index is 11.6. The zero-order valence-corrected chi connectivity index (χ0v) is 11.7. The van der Waals surface area contributed by atoms with E-state index in [1.807, 2.05) is 31.2 Å². The number of carbonyl (C=O) groups is 1. The van der Waals surface area contributed by atoms with Crippen molar-refractivity contribution in [1.82, 2.24) is 0 Å². The fraction of sp³-hybridized carbons (Fsp3) is 0.188. The van der Waals surface area contributed by atoms with E-state index in [4.69, 9.17) is 11.6 Å². The number of rotatable bonds is 2. The number of aliphatic hydroxyl groups is 1. The first-order valence-corrected chi connectivity index (χ1v) is 6.80. The molecule has 2 aromatic carbocycles. The summed E-state index contributed by atoms with van der Waals surface area (Å²) in [6.45, 7) is 1.95. The fourth-order valence-corrected chi connectivity index (χ4v) is 2.86. The van der Waals surface area contributed by atoms with E-state index in [0.29, 0.717) is 22.7 Å². The number of halogens is 1. The highest BCUT2D eigenvalue weighted by atomic mass is 35.5. The Morgan fingerprint density at radius 2 is 2.00 bits per heavy atom. The van der Waals surface area contributed by atoms with Gasteiger partial charge in [-0.2, -0.15) is 0 Å². The standard InChI is InChI=1S/C16H14ClNO2/c1-9-4-2-3-5-12(9)16(20)13-8-11(17)6-10-7-14(19)18-15(10)13/h2-6,8,16,20H,7H2,1H3,(H,18,19). The molecule has 3 nitrogen and oxygen atoms in total. The second-order valence-electron chi connectivity index (χ2n) is 5.01. The van der Waals surface area contributed by atoms with Crippen molar-refractivity contribution in [2.75, 3.05) is 5.32 Å².